The summed E-state index contributed by atoms with van der Waals surface area (Å²) in [4.78, 5) is 10.4. The molecule has 5 heteroatoms. The molecule has 1 aliphatic rings. The van der Waals surface area contributed by atoms with Gasteiger partial charge in [0.15, 0.2) is 5.82 Å². The van der Waals surface area contributed by atoms with Gasteiger partial charge in [-0.1, -0.05) is 25.4 Å². The quantitative estimate of drug-likeness (QED) is 0.837. The van der Waals surface area contributed by atoms with Crippen LogP contribution < -0.4 is 10.6 Å². The van der Waals surface area contributed by atoms with Gasteiger partial charge in [0.1, 0.15) is 5.02 Å². The Morgan fingerprint density at radius 2 is 2.12 bits per heavy atom. The first-order valence-electron chi connectivity index (χ1n) is 6.03. The lowest BCUT2D eigenvalue weighted by molar-refractivity contribution is 0.295. The van der Waals surface area contributed by atoms with Crippen molar-refractivity contribution in [1.82, 2.24) is 9.97 Å². The van der Waals surface area contributed by atoms with Crippen LogP contribution in [-0.2, 0) is 0 Å². The number of hydrogen-bond acceptors (Lipinski definition) is 4. The third kappa shape index (κ3) is 2.46. The van der Waals surface area contributed by atoms with E-state index >= 15 is 0 Å². The van der Waals surface area contributed by atoms with Gasteiger partial charge in [-0.15, -0.1) is 0 Å². The minimum absolute atomic E-state index is 0.280. The average Bonchev–Trinajstić information content (AvgIpc) is 2.27. The molecule has 0 bridgehead atoms. The second-order valence-electron chi connectivity index (χ2n) is 5.11. The van der Waals surface area contributed by atoms with E-state index in [2.05, 4.69) is 35.6 Å². The largest absolute Gasteiger partial charge is 0.368 e. The molecule has 1 aromatic heterocycles. The molecule has 0 spiro atoms. The molecule has 0 aromatic carbocycles. The molecular weight excluding hydrogens is 236 g/mol. The third-order valence-corrected chi connectivity index (χ3v) is 3.88. The average molecular weight is 255 g/mol. The Labute approximate surface area is 107 Å². The van der Waals surface area contributed by atoms with E-state index < -0.39 is 0 Å². The van der Waals surface area contributed by atoms with E-state index in [1.165, 1.54) is 6.42 Å². The summed E-state index contributed by atoms with van der Waals surface area (Å²) in [6.07, 6.45) is 2.83. The highest BCUT2D eigenvalue weighted by Gasteiger charge is 2.30. The second kappa shape index (κ2) is 4.69. The van der Waals surface area contributed by atoms with E-state index in [0.29, 0.717) is 22.9 Å². The number of piperidine rings is 1. The summed E-state index contributed by atoms with van der Waals surface area (Å²) < 4.78 is 0. The summed E-state index contributed by atoms with van der Waals surface area (Å²) in [5.74, 6) is 2.33. The highest BCUT2D eigenvalue weighted by atomic mass is 35.5. The number of halogens is 1. The van der Waals surface area contributed by atoms with Crippen LogP contribution in [0.25, 0.3) is 0 Å². The molecule has 4 nitrogen and oxygen atoms in total. The molecular formula is C12H19ClN4. The smallest absolute Gasteiger partial charge is 0.222 e. The fourth-order valence-electron chi connectivity index (χ4n) is 2.57. The van der Waals surface area contributed by atoms with E-state index in [1.54, 1.807) is 6.20 Å². The molecule has 1 fully saturated rings. The van der Waals surface area contributed by atoms with Gasteiger partial charge in [-0.25, -0.2) is 4.98 Å². The van der Waals surface area contributed by atoms with Gasteiger partial charge >= 0.3 is 0 Å². The van der Waals surface area contributed by atoms with Crippen LogP contribution in [0.4, 0.5) is 11.8 Å². The van der Waals surface area contributed by atoms with Crippen LogP contribution in [0.1, 0.15) is 27.2 Å². The molecule has 3 atom stereocenters. The van der Waals surface area contributed by atoms with Gasteiger partial charge in [0.25, 0.3) is 0 Å². The van der Waals surface area contributed by atoms with Gasteiger partial charge in [-0.3, -0.25) is 0 Å². The fourth-order valence-corrected chi connectivity index (χ4v) is 2.77. The molecule has 2 rings (SSSR count). The van der Waals surface area contributed by atoms with Gasteiger partial charge in [-0.2, -0.15) is 4.98 Å². The third-order valence-electron chi connectivity index (χ3n) is 3.61. The Bertz CT molecular complexity index is 409. The van der Waals surface area contributed by atoms with Crippen molar-refractivity contribution in [3.8, 4) is 0 Å². The van der Waals surface area contributed by atoms with Crippen molar-refractivity contribution in [2.24, 2.45) is 11.8 Å². The molecule has 2 heterocycles. The van der Waals surface area contributed by atoms with Crippen LogP contribution in [0.5, 0.6) is 0 Å². The molecule has 1 aliphatic heterocycles. The minimum Gasteiger partial charge on any atom is -0.368 e. The molecule has 0 saturated carbocycles. The standard InChI is InChI=1S/C12H19ClN4/c1-7-4-8(2)9(3)17(6-7)11-10(13)5-15-12(14)16-11/h5,7-9H,4,6H2,1-3H3,(H2,14,15,16). The van der Waals surface area contributed by atoms with E-state index in [-0.39, 0.29) is 5.95 Å². The number of nitrogens with two attached hydrogens (primary N) is 1. The van der Waals surface area contributed by atoms with Gasteiger partial charge in [-0.05, 0) is 25.2 Å². The molecule has 1 aromatic rings. The lowest BCUT2D eigenvalue weighted by Gasteiger charge is -2.42. The van der Waals surface area contributed by atoms with Crippen molar-refractivity contribution < 1.29 is 0 Å². The highest BCUT2D eigenvalue weighted by molar-refractivity contribution is 6.32. The van der Waals surface area contributed by atoms with Crippen LogP contribution in [0, 0.1) is 11.8 Å². The Hall–Kier alpha value is -1.03. The number of anilines is 2. The SMILES string of the molecule is CC1CC(C)C(C)N(c2nc(N)ncc2Cl)C1. The summed E-state index contributed by atoms with van der Waals surface area (Å²) in [7, 11) is 0. The zero-order valence-electron chi connectivity index (χ0n) is 10.5. The topological polar surface area (TPSA) is 55.0 Å². The van der Waals surface area contributed by atoms with Crippen molar-refractivity contribution in [2.45, 2.75) is 33.2 Å². The fraction of sp³-hybridized carbons (Fsp3) is 0.667. The van der Waals surface area contributed by atoms with E-state index in [0.717, 1.165) is 12.4 Å². The molecule has 94 valence electrons. The first-order valence-corrected chi connectivity index (χ1v) is 6.41. The van der Waals surface area contributed by atoms with Crippen molar-refractivity contribution in [1.29, 1.82) is 0 Å². The van der Waals surface area contributed by atoms with E-state index in [4.69, 9.17) is 17.3 Å². The zero-order chi connectivity index (χ0) is 12.6. The summed E-state index contributed by atoms with van der Waals surface area (Å²) in [5.41, 5.74) is 5.64. The maximum atomic E-state index is 6.17. The first kappa shape index (κ1) is 12.4. The van der Waals surface area contributed by atoms with Gasteiger partial charge in [0.05, 0.1) is 6.20 Å². The number of nitrogen functional groups attached to an aromatic ring is 1. The summed E-state index contributed by atoms with van der Waals surface area (Å²) >= 11 is 6.17. The van der Waals surface area contributed by atoms with Crippen molar-refractivity contribution in [3.05, 3.63) is 11.2 Å². The van der Waals surface area contributed by atoms with Crippen LogP contribution >= 0.6 is 11.6 Å². The molecule has 0 amide bonds. The lowest BCUT2D eigenvalue weighted by Crippen LogP contribution is -2.46. The summed E-state index contributed by atoms with van der Waals surface area (Å²) in [6, 6.07) is 0.429. The van der Waals surface area contributed by atoms with E-state index in [1.807, 2.05) is 0 Å². The molecule has 3 unspecified atom stereocenters. The monoisotopic (exact) mass is 254 g/mol. The minimum atomic E-state index is 0.280. The van der Waals surface area contributed by atoms with Crippen molar-refractivity contribution in [3.63, 3.8) is 0 Å². The van der Waals surface area contributed by atoms with Crippen molar-refractivity contribution >= 4 is 23.4 Å². The summed E-state index contributed by atoms with van der Waals surface area (Å²) in [5, 5.41) is 0.576. The van der Waals surface area contributed by atoms with Gasteiger partial charge in [0.2, 0.25) is 5.95 Å². The van der Waals surface area contributed by atoms with Crippen LogP contribution in [0.15, 0.2) is 6.20 Å². The zero-order valence-corrected chi connectivity index (χ0v) is 11.3. The molecule has 2 N–H and O–H groups in total. The van der Waals surface area contributed by atoms with E-state index in [9.17, 15) is 0 Å². The van der Waals surface area contributed by atoms with Crippen LogP contribution in [0.2, 0.25) is 5.02 Å². The highest BCUT2D eigenvalue weighted by Crippen LogP contribution is 2.33. The maximum absolute atomic E-state index is 6.17. The number of rotatable bonds is 1. The number of aromatic nitrogens is 2. The Balaban J connectivity index is 2.34. The van der Waals surface area contributed by atoms with Gasteiger partial charge in [0, 0.05) is 12.6 Å². The lowest BCUT2D eigenvalue weighted by atomic mass is 9.86. The normalized spacial score (nSPS) is 29.4. The van der Waals surface area contributed by atoms with Crippen molar-refractivity contribution in [2.75, 3.05) is 17.2 Å². The van der Waals surface area contributed by atoms with Crippen LogP contribution in [-0.4, -0.2) is 22.6 Å². The molecule has 1 saturated heterocycles. The molecule has 17 heavy (non-hydrogen) atoms. The number of nitrogens with zero attached hydrogens (tertiary/aromatic N) is 3. The predicted octanol–water partition coefficient (Wildman–Crippen LogP) is 2.58. The number of hydrogen-bond donors (Lipinski definition) is 1. The maximum Gasteiger partial charge on any atom is 0.222 e. The Morgan fingerprint density at radius 3 is 2.82 bits per heavy atom. The van der Waals surface area contributed by atoms with Crippen LogP contribution in [0.3, 0.4) is 0 Å². The second-order valence-corrected chi connectivity index (χ2v) is 5.52. The van der Waals surface area contributed by atoms with Gasteiger partial charge < -0.3 is 10.6 Å². The first-order chi connectivity index (χ1) is 7.99. The Kier molecular flexibility index (Phi) is 3.43. The predicted molar refractivity (Wildman–Crippen MR) is 71.2 cm³/mol. The molecule has 0 aliphatic carbocycles. The summed E-state index contributed by atoms with van der Waals surface area (Å²) in [6.45, 7) is 7.71. The molecule has 0 radical (unpaired) electrons. The Morgan fingerprint density at radius 1 is 1.41 bits per heavy atom.